The van der Waals surface area contributed by atoms with Crippen molar-refractivity contribution in [3.05, 3.63) is 18.2 Å². The molecule has 1 N–H and O–H groups in total. The Labute approximate surface area is 200 Å². The number of benzene rings is 1. The number of amides is 2. The molecule has 186 valence electrons. The van der Waals surface area contributed by atoms with Crippen LogP contribution in [0.2, 0.25) is 0 Å². The van der Waals surface area contributed by atoms with Crippen LogP contribution in [0.15, 0.2) is 23.1 Å². The summed E-state index contributed by atoms with van der Waals surface area (Å²) >= 11 is 0. The molecule has 2 amide bonds. The van der Waals surface area contributed by atoms with E-state index in [2.05, 4.69) is 10.2 Å². The van der Waals surface area contributed by atoms with E-state index in [1.54, 1.807) is 18.2 Å². The summed E-state index contributed by atoms with van der Waals surface area (Å²) in [4.78, 5) is 30.0. The summed E-state index contributed by atoms with van der Waals surface area (Å²) in [5.74, 6) is -0.471. The number of nitrogens with zero attached hydrogens (tertiary/aromatic N) is 3. The summed E-state index contributed by atoms with van der Waals surface area (Å²) in [5, 5.41) is 2.83. The number of nitrogens with one attached hydrogen (secondary N) is 1. The number of carbonyl (C=O) groups is 2. The van der Waals surface area contributed by atoms with Crippen molar-refractivity contribution >= 4 is 33.2 Å². The fraction of sp³-hybridized carbons (Fsp3) is 0.652. The number of sulfonamides is 1. The van der Waals surface area contributed by atoms with Crippen molar-refractivity contribution in [1.82, 2.24) is 9.62 Å². The molecule has 2 atom stereocenters. The number of anilines is 2. The number of fused-ring (bicyclic) bond motifs is 3. The van der Waals surface area contributed by atoms with Crippen molar-refractivity contribution in [1.29, 1.82) is 0 Å². The monoisotopic (exact) mass is 492 g/mol. The lowest BCUT2D eigenvalue weighted by Gasteiger charge is -2.45. The second-order valence-corrected chi connectivity index (χ2v) is 11.2. The molecular formula is C23H32N4O6S. The molecule has 34 heavy (non-hydrogen) atoms. The number of rotatable bonds is 6. The van der Waals surface area contributed by atoms with Gasteiger partial charge >= 0.3 is 0 Å². The molecule has 11 heteroatoms. The lowest BCUT2D eigenvalue weighted by molar-refractivity contribution is -0.126. The summed E-state index contributed by atoms with van der Waals surface area (Å²) in [6.45, 7) is 3.33. The first-order valence-electron chi connectivity index (χ1n) is 12.1. The summed E-state index contributed by atoms with van der Waals surface area (Å²) in [5.41, 5.74) is 1.29. The molecule has 0 aliphatic carbocycles. The minimum atomic E-state index is -3.65. The Kier molecular flexibility index (Phi) is 6.79. The average Bonchev–Trinajstić information content (AvgIpc) is 3.42. The molecule has 4 aliphatic rings. The Bertz CT molecular complexity index is 1040. The molecular weight excluding hydrogens is 460 g/mol. The van der Waals surface area contributed by atoms with Crippen LogP contribution in [-0.4, -0.2) is 89.2 Å². The quantitative estimate of drug-likeness (QED) is 0.623. The Morgan fingerprint density at radius 1 is 1.06 bits per heavy atom. The summed E-state index contributed by atoms with van der Waals surface area (Å²) in [7, 11) is -3.65. The molecule has 1 aromatic rings. The van der Waals surface area contributed by atoms with Gasteiger partial charge in [0, 0.05) is 26.2 Å². The Balaban J connectivity index is 1.41. The number of ether oxygens (including phenoxy) is 2. The zero-order valence-electron chi connectivity index (χ0n) is 19.3. The van der Waals surface area contributed by atoms with E-state index in [1.165, 1.54) is 9.21 Å². The van der Waals surface area contributed by atoms with E-state index in [0.717, 1.165) is 44.3 Å². The highest BCUT2D eigenvalue weighted by Crippen LogP contribution is 2.41. The van der Waals surface area contributed by atoms with Crippen LogP contribution in [0.3, 0.4) is 0 Å². The Hall–Kier alpha value is -2.21. The fourth-order valence-electron chi connectivity index (χ4n) is 5.22. The first-order chi connectivity index (χ1) is 16.4. The Morgan fingerprint density at radius 3 is 2.62 bits per heavy atom. The number of hydrogen-bond acceptors (Lipinski definition) is 7. The molecule has 10 nitrogen and oxygen atoms in total. The predicted molar refractivity (Wildman–Crippen MR) is 125 cm³/mol. The minimum absolute atomic E-state index is 0.157. The van der Waals surface area contributed by atoms with Gasteiger partial charge in [-0.05, 0) is 50.3 Å². The summed E-state index contributed by atoms with van der Waals surface area (Å²) in [6, 6.07) is 4.66. The van der Waals surface area contributed by atoms with E-state index in [1.807, 2.05) is 0 Å². The minimum Gasteiger partial charge on any atom is -0.376 e. The van der Waals surface area contributed by atoms with Crippen molar-refractivity contribution in [2.75, 3.05) is 62.3 Å². The van der Waals surface area contributed by atoms with Crippen LogP contribution in [-0.2, 0) is 29.1 Å². The highest BCUT2D eigenvalue weighted by Gasteiger charge is 2.41. The summed E-state index contributed by atoms with van der Waals surface area (Å²) < 4.78 is 38.8. The van der Waals surface area contributed by atoms with Crippen molar-refractivity contribution in [2.24, 2.45) is 0 Å². The van der Waals surface area contributed by atoms with Crippen LogP contribution in [0.4, 0.5) is 11.4 Å². The van der Waals surface area contributed by atoms with E-state index < -0.39 is 10.0 Å². The van der Waals surface area contributed by atoms with Gasteiger partial charge in [-0.25, -0.2) is 8.42 Å². The van der Waals surface area contributed by atoms with E-state index >= 15 is 0 Å². The third-order valence-corrected chi connectivity index (χ3v) is 8.91. The predicted octanol–water partition coefficient (Wildman–Crippen LogP) is 0.708. The maximum atomic E-state index is 13.5. The lowest BCUT2D eigenvalue weighted by atomic mass is 9.96. The normalized spacial score (nSPS) is 25.7. The Morgan fingerprint density at radius 2 is 1.85 bits per heavy atom. The zero-order valence-corrected chi connectivity index (χ0v) is 20.1. The van der Waals surface area contributed by atoms with Crippen LogP contribution in [0.1, 0.15) is 32.1 Å². The lowest BCUT2D eigenvalue weighted by Crippen LogP contribution is -2.57. The van der Waals surface area contributed by atoms with Crippen LogP contribution < -0.4 is 15.1 Å². The molecule has 4 aliphatic heterocycles. The van der Waals surface area contributed by atoms with Crippen molar-refractivity contribution in [3.63, 3.8) is 0 Å². The van der Waals surface area contributed by atoms with Gasteiger partial charge in [0.2, 0.25) is 21.8 Å². The van der Waals surface area contributed by atoms with Gasteiger partial charge in [-0.15, -0.1) is 0 Å². The molecule has 4 heterocycles. The molecule has 0 aromatic heterocycles. The van der Waals surface area contributed by atoms with Gasteiger partial charge in [-0.1, -0.05) is 0 Å². The molecule has 3 saturated heterocycles. The van der Waals surface area contributed by atoms with Crippen molar-refractivity contribution < 1.29 is 27.5 Å². The average molecular weight is 493 g/mol. The van der Waals surface area contributed by atoms with Crippen LogP contribution in [0.25, 0.3) is 0 Å². The molecule has 3 fully saturated rings. The maximum absolute atomic E-state index is 13.5. The van der Waals surface area contributed by atoms with Gasteiger partial charge in [0.1, 0.15) is 12.6 Å². The smallest absolute Gasteiger partial charge is 0.250 e. The molecule has 1 aromatic carbocycles. The van der Waals surface area contributed by atoms with Crippen LogP contribution >= 0.6 is 0 Å². The summed E-state index contributed by atoms with van der Waals surface area (Å²) in [6.07, 6.45) is 4.12. The third-order valence-electron chi connectivity index (χ3n) is 7.02. The second-order valence-electron chi connectivity index (χ2n) is 9.26. The molecule has 0 spiro atoms. The van der Waals surface area contributed by atoms with Gasteiger partial charge < -0.3 is 19.7 Å². The molecule has 0 unspecified atom stereocenters. The van der Waals surface area contributed by atoms with Crippen molar-refractivity contribution in [3.8, 4) is 0 Å². The van der Waals surface area contributed by atoms with Gasteiger partial charge in [-0.3, -0.25) is 14.5 Å². The third kappa shape index (κ3) is 4.53. The number of carbonyl (C=O) groups excluding carboxylic acids is 2. The van der Waals surface area contributed by atoms with E-state index in [-0.39, 0.29) is 35.4 Å². The van der Waals surface area contributed by atoms with E-state index in [0.29, 0.717) is 45.1 Å². The SMILES string of the molecule is O=C(CN1C(=O)[C@H]2CCCCN2c2ccc(S(=O)(=O)N3CCCC3)cc21)NC[C@H]1COCCO1. The van der Waals surface area contributed by atoms with Crippen LogP contribution in [0.5, 0.6) is 0 Å². The first-order valence-corrected chi connectivity index (χ1v) is 13.6. The highest BCUT2D eigenvalue weighted by molar-refractivity contribution is 7.89. The highest BCUT2D eigenvalue weighted by atomic mass is 32.2. The largest absolute Gasteiger partial charge is 0.376 e. The maximum Gasteiger partial charge on any atom is 0.250 e. The van der Waals surface area contributed by atoms with Gasteiger partial charge in [0.05, 0.1) is 42.2 Å². The zero-order chi connectivity index (χ0) is 23.7. The van der Waals surface area contributed by atoms with Crippen LogP contribution in [0, 0.1) is 0 Å². The molecule has 0 bridgehead atoms. The topological polar surface area (TPSA) is 108 Å². The fourth-order valence-corrected chi connectivity index (χ4v) is 6.76. The molecule has 5 rings (SSSR count). The number of hydrogen-bond donors (Lipinski definition) is 1. The van der Waals surface area contributed by atoms with E-state index in [4.69, 9.17) is 9.47 Å². The number of piperidine rings is 1. The van der Waals surface area contributed by atoms with Crippen molar-refractivity contribution in [2.45, 2.75) is 49.1 Å². The molecule has 0 radical (unpaired) electrons. The van der Waals surface area contributed by atoms with Gasteiger partial charge in [-0.2, -0.15) is 4.31 Å². The van der Waals surface area contributed by atoms with Gasteiger partial charge in [0.25, 0.3) is 0 Å². The second kappa shape index (κ2) is 9.80. The standard InChI is InChI=1S/C23H32N4O6S/c28-22(24-14-17-16-32-11-12-33-17)15-27-21-13-18(34(30,31)25-8-3-4-9-25)6-7-19(21)26-10-2-1-5-20(26)23(27)29/h6-7,13,17,20H,1-5,8-12,14-16H2,(H,24,28)/t17-,20+/m0/s1. The first kappa shape index (κ1) is 23.5. The molecule has 0 saturated carbocycles. The van der Waals surface area contributed by atoms with Gasteiger partial charge in [0.15, 0.2) is 0 Å². The van der Waals surface area contributed by atoms with E-state index in [9.17, 15) is 18.0 Å².